The number of amides is 2. The highest BCUT2D eigenvalue weighted by molar-refractivity contribution is 6.03. The summed E-state index contributed by atoms with van der Waals surface area (Å²) < 4.78 is 21.9. The monoisotopic (exact) mass is 471 g/mol. The zero-order valence-corrected chi connectivity index (χ0v) is 19.6. The number of methoxy groups -OCH3 is 1. The summed E-state index contributed by atoms with van der Waals surface area (Å²) in [4.78, 5) is 29.0. The Morgan fingerprint density at radius 2 is 1.71 bits per heavy atom. The van der Waals surface area contributed by atoms with E-state index in [1.54, 1.807) is 32.2 Å². The van der Waals surface area contributed by atoms with Crippen molar-refractivity contribution in [2.75, 3.05) is 7.11 Å². The molecular weight excluding hydrogens is 445 g/mol. The summed E-state index contributed by atoms with van der Waals surface area (Å²) in [6, 6.07) is 23.3. The van der Waals surface area contributed by atoms with Crippen molar-refractivity contribution in [1.29, 1.82) is 0 Å². The third-order valence-corrected chi connectivity index (χ3v) is 6.74. The van der Waals surface area contributed by atoms with Crippen molar-refractivity contribution in [2.24, 2.45) is 0 Å². The molecule has 0 fully saturated rings. The molecule has 6 nitrogen and oxygen atoms in total. The van der Waals surface area contributed by atoms with Crippen LogP contribution < -0.4 is 10.1 Å². The number of aromatic nitrogens is 1. The number of halogens is 1. The van der Waals surface area contributed by atoms with E-state index in [2.05, 4.69) is 5.32 Å². The molecule has 0 aliphatic carbocycles. The van der Waals surface area contributed by atoms with Crippen LogP contribution in [0.3, 0.4) is 0 Å². The zero-order valence-electron chi connectivity index (χ0n) is 19.6. The van der Waals surface area contributed by atoms with Gasteiger partial charge in [-0.2, -0.15) is 0 Å². The molecule has 3 aromatic carbocycles. The van der Waals surface area contributed by atoms with Crippen LogP contribution in [0.4, 0.5) is 4.39 Å². The maximum Gasteiger partial charge on any atom is 0.271 e. The first-order valence-corrected chi connectivity index (χ1v) is 11.5. The number of hydrogen-bond acceptors (Lipinski definition) is 3. The van der Waals surface area contributed by atoms with Crippen LogP contribution in [0.25, 0.3) is 10.9 Å². The standard InChI is InChI=1S/C28H26FN3O3/c1-28(27(34)30-16-20-10-5-8-14-25(20)35-2)18-31-23-13-7-4-9-19(23)15-24(31)26(33)32(28)17-21-11-3-6-12-22(21)29/h3-15H,16-18H2,1-2H3,(H,30,34)/t28-/m0/s1. The molecule has 2 amide bonds. The summed E-state index contributed by atoms with van der Waals surface area (Å²) in [5.41, 5.74) is 1.29. The molecule has 35 heavy (non-hydrogen) atoms. The average molecular weight is 472 g/mol. The number of carbonyl (C=O) groups is 2. The smallest absolute Gasteiger partial charge is 0.271 e. The molecular formula is C28H26FN3O3. The van der Waals surface area contributed by atoms with Crippen LogP contribution >= 0.6 is 0 Å². The Hall–Kier alpha value is -4.13. The minimum Gasteiger partial charge on any atom is -0.496 e. The van der Waals surface area contributed by atoms with E-state index in [9.17, 15) is 14.0 Å². The highest BCUT2D eigenvalue weighted by Crippen LogP contribution is 2.34. The van der Waals surface area contributed by atoms with Gasteiger partial charge in [0, 0.05) is 28.6 Å². The Kier molecular flexibility index (Phi) is 5.76. The highest BCUT2D eigenvalue weighted by atomic mass is 19.1. The van der Waals surface area contributed by atoms with E-state index in [1.807, 2.05) is 59.2 Å². The lowest BCUT2D eigenvalue weighted by molar-refractivity contribution is -0.133. The zero-order chi connectivity index (χ0) is 24.6. The Balaban J connectivity index is 1.54. The molecule has 7 heteroatoms. The topological polar surface area (TPSA) is 63.6 Å². The number of nitrogens with one attached hydrogen (secondary N) is 1. The van der Waals surface area contributed by atoms with Gasteiger partial charge in [-0.3, -0.25) is 9.59 Å². The van der Waals surface area contributed by atoms with Gasteiger partial charge in [0.15, 0.2) is 0 Å². The molecule has 1 atom stereocenters. The Labute approximate surface area is 202 Å². The van der Waals surface area contributed by atoms with Gasteiger partial charge in [-0.15, -0.1) is 0 Å². The van der Waals surface area contributed by atoms with E-state index >= 15 is 0 Å². The number of carbonyl (C=O) groups excluding carboxylic acids is 2. The minimum atomic E-state index is -1.25. The molecule has 0 saturated carbocycles. The number of benzene rings is 3. The molecule has 0 unspecified atom stereocenters. The van der Waals surface area contributed by atoms with Gasteiger partial charge in [-0.25, -0.2) is 4.39 Å². The Morgan fingerprint density at radius 3 is 2.49 bits per heavy atom. The van der Waals surface area contributed by atoms with E-state index < -0.39 is 11.4 Å². The summed E-state index contributed by atoms with van der Waals surface area (Å²) in [5, 5.41) is 3.90. The first-order chi connectivity index (χ1) is 16.9. The molecule has 1 N–H and O–H groups in total. The van der Waals surface area contributed by atoms with Crippen molar-refractivity contribution in [2.45, 2.75) is 32.1 Å². The number of nitrogens with zero attached hydrogens (tertiary/aromatic N) is 2. The van der Waals surface area contributed by atoms with Gasteiger partial charge in [-0.05, 0) is 31.2 Å². The van der Waals surface area contributed by atoms with Crippen LogP contribution in [-0.4, -0.2) is 33.9 Å². The van der Waals surface area contributed by atoms with E-state index in [0.29, 0.717) is 17.0 Å². The molecule has 1 aliphatic heterocycles. The summed E-state index contributed by atoms with van der Waals surface area (Å²) in [5.74, 6) is -0.384. The molecule has 0 spiro atoms. The van der Waals surface area contributed by atoms with Gasteiger partial charge in [0.2, 0.25) is 5.91 Å². The number of para-hydroxylation sites is 2. The predicted octanol–water partition coefficient (Wildman–Crippen LogP) is 4.52. The van der Waals surface area contributed by atoms with Crippen molar-refractivity contribution in [3.05, 3.63) is 102 Å². The van der Waals surface area contributed by atoms with Gasteiger partial charge in [0.05, 0.1) is 20.2 Å². The molecule has 1 aromatic heterocycles. The van der Waals surface area contributed by atoms with Crippen LogP contribution in [0.2, 0.25) is 0 Å². The fraction of sp³-hybridized carbons (Fsp3) is 0.214. The quantitative estimate of drug-likeness (QED) is 0.450. The summed E-state index contributed by atoms with van der Waals surface area (Å²) in [7, 11) is 1.58. The minimum absolute atomic E-state index is 0.0222. The lowest BCUT2D eigenvalue weighted by Gasteiger charge is -2.44. The van der Waals surface area contributed by atoms with Crippen LogP contribution in [0.15, 0.2) is 78.9 Å². The first kappa shape index (κ1) is 22.7. The normalized spacial score (nSPS) is 17.3. The molecule has 0 saturated heterocycles. The van der Waals surface area contributed by atoms with Crippen molar-refractivity contribution >= 4 is 22.7 Å². The maximum absolute atomic E-state index is 14.6. The van der Waals surface area contributed by atoms with E-state index in [1.165, 1.54) is 11.0 Å². The van der Waals surface area contributed by atoms with E-state index in [4.69, 9.17) is 4.74 Å². The molecule has 0 bridgehead atoms. The first-order valence-electron chi connectivity index (χ1n) is 11.5. The Bertz CT molecular complexity index is 1430. The predicted molar refractivity (Wildman–Crippen MR) is 131 cm³/mol. The number of hydrogen-bond donors (Lipinski definition) is 1. The van der Waals surface area contributed by atoms with E-state index in [-0.39, 0.29) is 31.4 Å². The second-order valence-corrected chi connectivity index (χ2v) is 8.93. The highest BCUT2D eigenvalue weighted by Gasteiger charge is 2.47. The van der Waals surface area contributed by atoms with Gasteiger partial charge in [0.25, 0.3) is 5.91 Å². The van der Waals surface area contributed by atoms with Crippen molar-refractivity contribution < 1.29 is 18.7 Å². The SMILES string of the molecule is COc1ccccc1CNC(=O)[C@]1(C)Cn2c(cc3ccccc32)C(=O)N1Cc1ccccc1F. The summed E-state index contributed by atoms with van der Waals surface area (Å²) in [6.07, 6.45) is 0. The summed E-state index contributed by atoms with van der Waals surface area (Å²) in [6.45, 7) is 2.19. The van der Waals surface area contributed by atoms with Crippen LogP contribution in [0.5, 0.6) is 5.75 Å². The fourth-order valence-corrected chi connectivity index (χ4v) is 4.77. The van der Waals surface area contributed by atoms with Crippen molar-refractivity contribution in [3.63, 3.8) is 0 Å². The summed E-state index contributed by atoms with van der Waals surface area (Å²) >= 11 is 0. The lowest BCUT2D eigenvalue weighted by Crippen LogP contribution is -2.63. The number of rotatable bonds is 6. The fourth-order valence-electron chi connectivity index (χ4n) is 4.77. The van der Waals surface area contributed by atoms with Crippen molar-refractivity contribution in [1.82, 2.24) is 14.8 Å². The molecule has 4 aromatic rings. The van der Waals surface area contributed by atoms with Crippen molar-refractivity contribution in [3.8, 4) is 5.75 Å². The average Bonchev–Trinajstić information content (AvgIpc) is 3.24. The van der Waals surface area contributed by atoms with E-state index in [0.717, 1.165) is 16.5 Å². The largest absolute Gasteiger partial charge is 0.496 e. The second kappa shape index (κ2) is 8.91. The molecule has 1 aliphatic rings. The number of ether oxygens (including phenoxy) is 1. The molecule has 5 rings (SSSR count). The Morgan fingerprint density at radius 1 is 1.03 bits per heavy atom. The molecule has 178 valence electrons. The van der Waals surface area contributed by atoms with Gasteiger partial charge in [0.1, 0.15) is 22.8 Å². The van der Waals surface area contributed by atoms with Crippen LogP contribution in [-0.2, 0) is 24.4 Å². The molecule has 2 heterocycles. The maximum atomic E-state index is 14.6. The third-order valence-electron chi connectivity index (χ3n) is 6.74. The van der Waals surface area contributed by atoms with Gasteiger partial charge >= 0.3 is 0 Å². The second-order valence-electron chi connectivity index (χ2n) is 8.93. The lowest BCUT2D eigenvalue weighted by atomic mass is 9.93. The third kappa shape index (κ3) is 3.93. The van der Waals surface area contributed by atoms with Crippen LogP contribution in [0.1, 0.15) is 28.5 Å². The van der Waals surface area contributed by atoms with Gasteiger partial charge in [-0.1, -0.05) is 54.6 Å². The van der Waals surface area contributed by atoms with Gasteiger partial charge < -0.3 is 19.5 Å². The van der Waals surface area contributed by atoms with Crippen LogP contribution in [0, 0.1) is 5.82 Å². The molecule has 0 radical (unpaired) electrons. The number of fused-ring (bicyclic) bond motifs is 3.